The number of aryl methyl sites for hydroxylation is 2. The Morgan fingerprint density at radius 1 is 1.25 bits per heavy atom. The monoisotopic (exact) mass is 396 g/mol. The summed E-state index contributed by atoms with van der Waals surface area (Å²) < 4.78 is 1.86. The number of nitrogens with zero attached hydrogens (tertiary/aromatic N) is 4. The topological polar surface area (TPSA) is 67.1 Å². The zero-order valence-corrected chi connectivity index (χ0v) is 17.8. The molecule has 0 aliphatic heterocycles. The summed E-state index contributed by atoms with van der Waals surface area (Å²) in [5, 5.41) is 13.4. The van der Waals surface area contributed by atoms with Gasteiger partial charge < -0.3 is 10.6 Å². The van der Waals surface area contributed by atoms with Crippen molar-refractivity contribution >= 4 is 17.3 Å². The first kappa shape index (κ1) is 20.1. The molecule has 6 nitrogen and oxygen atoms in total. The Bertz CT molecular complexity index is 896. The minimum absolute atomic E-state index is 0.541. The lowest BCUT2D eigenvalue weighted by Gasteiger charge is -2.15. The molecule has 1 atom stereocenters. The van der Waals surface area contributed by atoms with Crippen molar-refractivity contribution < 1.29 is 0 Å². The number of hydrogen-bond acceptors (Lipinski definition) is 4. The number of pyridine rings is 1. The highest BCUT2D eigenvalue weighted by atomic mass is 32.1. The summed E-state index contributed by atoms with van der Waals surface area (Å²) in [6.45, 7) is 7.83. The van der Waals surface area contributed by atoms with Crippen LogP contribution in [0.25, 0.3) is 5.82 Å². The highest BCUT2D eigenvalue weighted by molar-refractivity contribution is 7.09. The van der Waals surface area contributed by atoms with Gasteiger partial charge in [0.05, 0.1) is 5.69 Å². The third-order valence-corrected chi connectivity index (χ3v) is 5.37. The van der Waals surface area contributed by atoms with E-state index in [-0.39, 0.29) is 0 Å². The van der Waals surface area contributed by atoms with Crippen LogP contribution in [0.5, 0.6) is 0 Å². The van der Waals surface area contributed by atoms with Crippen molar-refractivity contribution in [1.29, 1.82) is 0 Å². The Balaban J connectivity index is 1.48. The van der Waals surface area contributed by atoms with Crippen LogP contribution in [-0.2, 0) is 13.0 Å². The highest BCUT2D eigenvalue weighted by Gasteiger charge is 2.07. The number of guanidine groups is 1. The summed E-state index contributed by atoms with van der Waals surface area (Å²) in [6, 6.07) is 10.4. The predicted octanol–water partition coefficient (Wildman–Crippen LogP) is 3.49. The van der Waals surface area contributed by atoms with Crippen molar-refractivity contribution in [3.05, 3.63) is 63.7 Å². The van der Waals surface area contributed by atoms with Gasteiger partial charge in [-0.3, -0.25) is 4.99 Å². The molecule has 0 spiro atoms. The van der Waals surface area contributed by atoms with E-state index in [1.165, 1.54) is 4.88 Å². The van der Waals surface area contributed by atoms with Gasteiger partial charge in [-0.05, 0) is 55.3 Å². The molecule has 0 bridgehead atoms. The molecule has 7 heteroatoms. The minimum Gasteiger partial charge on any atom is -0.356 e. The van der Waals surface area contributed by atoms with Crippen molar-refractivity contribution in [1.82, 2.24) is 25.4 Å². The molecule has 0 aliphatic carbocycles. The van der Waals surface area contributed by atoms with Gasteiger partial charge >= 0.3 is 0 Å². The molecule has 0 aromatic carbocycles. The molecule has 3 aromatic heterocycles. The third kappa shape index (κ3) is 5.42. The average molecular weight is 397 g/mol. The van der Waals surface area contributed by atoms with Crippen LogP contribution in [0.15, 0.2) is 46.9 Å². The maximum atomic E-state index is 4.54. The van der Waals surface area contributed by atoms with Crippen LogP contribution in [0, 0.1) is 19.8 Å². The standard InChI is InChI=1S/C21H28N6S/c1-15(10-19-6-5-9-28-19)12-24-21(22-4)25-14-18-7-8-20(23-13-18)27-17(3)11-16(2)26-27/h5-9,11,13,15H,10,12,14H2,1-4H3,(H2,22,24,25). The summed E-state index contributed by atoms with van der Waals surface area (Å²) in [5.41, 5.74) is 3.17. The Labute approximate surface area is 170 Å². The number of aliphatic imine (C=N–C) groups is 1. The Kier molecular flexibility index (Phi) is 6.81. The molecule has 0 saturated heterocycles. The van der Waals surface area contributed by atoms with E-state index in [0.717, 1.165) is 41.7 Å². The summed E-state index contributed by atoms with van der Waals surface area (Å²) >= 11 is 1.81. The van der Waals surface area contributed by atoms with Crippen LogP contribution in [-0.4, -0.2) is 34.3 Å². The first-order valence-corrected chi connectivity index (χ1v) is 10.4. The molecule has 3 aromatic rings. The lowest BCUT2D eigenvalue weighted by molar-refractivity contribution is 0.562. The van der Waals surface area contributed by atoms with E-state index in [1.54, 1.807) is 7.05 Å². The van der Waals surface area contributed by atoms with Gasteiger partial charge in [-0.1, -0.05) is 19.1 Å². The molecule has 3 rings (SSSR count). The predicted molar refractivity (Wildman–Crippen MR) is 116 cm³/mol. The fourth-order valence-electron chi connectivity index (χ4n) is 3.03. The number of thiophene rings is 1. The highest BCUT2D eigenvalue weighted by Crippen LogP contribution is 2.14. The van der Waals surface area contributed by atoms with Crippen molar-refractivity contribution in [3.63, 3.8) is 0 Å². The van der Waals surface area contributed by atoms with Gasteiger partial charge in [0.15, 0.2) is 11.8 Å². The van der Waals surface area contributed by atoms with E-state index in [1.807, 2.05) is 48.2 Å². The molecule has 148 valence electrons. The summed E-state index contributed by atoms with van der Waals surface area (Å²) in [4.78, 5) is 10.3. The molecule has 0 aliphatic rings. The second-order valence-electron chi connectivity index (χ2n) is 7.06. The molecule has 0 amide bonds. The van der Waals surface area contributed by atoms with Crippen molar-refractivity contribution in [2.45, 2.75) is 33.7 Å². The van der Waals surface area contributed by atoms with Crippen LogP contribution in [0.3, 0.4) is 0 Å². The summed E-state index contributed by atoms with van der Waals surface area (Å²) in [7, 11) is 1.80. The Hall–Kier alpha value is -2.67. The molecule has 0 radical (unpaired) electrons. The molecular weight excluding hydrogens is 368 g/mol. The fourth-order valence-corrected chi connectivity index (χ4v) is 3.90. The maximum absolute atomic E-state index is 4.54. The van der Waals surface area contributed by atoms with Crippen LogP contribution in [0.1, 0.15) is 28.8 Å². The second-order valence-corrected chi connectivity index (χ2v) is 8.09. The fraction of sp³-hybridized carbons (Fsp3) is 0.381. The van der Waals surface area contributed by atoms with E-state index >= 15 is 0 Å². The van der Waals surface area contributed by atoms with Crippen molar-refractivity contribution in [3.8, 4) is 5.82 Å². The maximum Gasteiger partial charge on any atom is 0.191 e. The molecule has 3 heterocycles. The Morgan fingerprint density at radius 3 is 2.71 bits per heavy atom. The van der Waals surface area contributed by atoms with Crippen LogP contribution >= 0.6 is 11.3 Å². The molecule has 2 N–H and O–H groups in total. The van der Waals surface area contributed by atoms with Crippen LogP contribution < -0.4 is 10.6 Å². The van der Waals surface area contributed by atoms with Gasteiger partial charge in [0.2, 0.25) is 0 Å². The minimum atomic E-state index is 0.541. The van der Waals surface area contributed by atoms with E-state index in [4.69, 9.17) is 0 Å². The van der Waals surface area contributed by atoms with Crippen LogP contribution in [0.4, 0.5) is 0 Å². The second kappa shape index (κ2) is 9.50. The first-order valence-electron chi connectivity index (χ1n) is 9.50. The zero-order chi connectivity index (χ0) is 19.9. The van der Waals surface area contributed by atoms with Crippen molar-refractivity contribution in [2.24, 2.45) is 10.9 Å². The van der Waals surface area contributed by atoms with E-state index in [2.05, 4.69) is 56.2 Å². The van der Waals surface area contributed by atoms with Gasteiger partial charge in [0.25, 0.3) is 0 Å². The smallest absolute Gasteiger partial charge is 0.191 e. The number of aromatic nitrogens is 3. The average Bonchev–Trinajstić information content (AvgIpc) is 3.31. The lowest BCUT2D eigenvalue weighted by Crippen LogP contribution is -2.39. The Morgan fingerprint density at radius 2 is 2.11 bits per heavy atom. The summed E-state index contributed by atoms with van der Waals surface area (Å²) in [6.07, 6.45) is 2.96. The molecule has 0 saturated carbocycles. The van der Waals surface area contributed by atoms with E-state index in [0.29, 0.717) is 12.5 Å². The normalized spacial score (nSPS) is 12.8. The van der Waals surface area contributed by atoms with Gasteiger partial charge in [-0.2, -0.15) is 5.10 Å². The third-order valence-electron chi connectivity index (χ3n) is 4.47. The van der Waals surface area contributed by atoms with Gasteiger partial charge in [-0.25, -0.2) is 9.67 Å². The summed E-state index contributed by atoms with van der Waals surface area (Å²) in [5.74, 6) is 2.18. The molecule has 0 fully saturated rings. The SMILES string of the molecule is CN=C(NCc1ccc(-n2nc(C)cc2C)nc1)NCC(C)Cc1cccs1. The lowest BCUT2D eigenvalue weighted by atomic mass is 10.1. The number of rotatable bonds is 7. The number of hydrogen-bond donors (Lipinski definition) is 2. The van der Waals surface area contributed by atoms with E-state index in [9.17, 15) is 0 Å². The zero-order valence-electron chi connectivity index (χ0n) is 16.9. The van der Waals surface area contributed by atoms with Crippen molar-refractivity contribution in [2.75, 3.05) is 13.6 Å². The van der Waals surface area contributed by atoms with Crippen LogP contribution in [0.2, 0.25) is 0 Å². The number of nitrogens with one attached hydrogen (secondary N) is 2. The van der Waals surface area contributed by atoms with Gasteiger partial charge in [0.1, 0.15) is 0 Å². The van der Waals surface area contributed by atoms with Gasteiger partial charge in [-0.15, -0.1) is 11.3 Å². The molecule has 1 unspecified atom stereocenters. The largest absolute Gasteiger partial charge is 0.356 e. The van der Waals surface area contributed by atoms with E-state index < -0.39 is 0 Å². The van der Waals surface area contributed by atoms with Gasteiger partial charge in [0, 0.05) is 36.9 Å². The quantitative estimate of drug-likeness (QED) is 0.474. The first-order chi connectivity index (χ1) is 13.5. The molecule has 28 heavy (non-hydrogen) atoms. The molecular formula is C21H28N6S.